The van der Waals surface area contributed by atoms with E-state index in [2.05, 4.69) is 24.0 Å². The summed E-state index contributed by atoms with van der Waals surface area (Å²) in [5.41, 5.74) is 7.86. The lowest BCUT2D eigenvalue weighted by molar-refractivity contribution is 0.273. The average molecular weight is 292 g/mol. The first-order valence-electron chi connectivity index (χ1n) is 7.29. The number of hydrogen-bond donors (Lipinski definition) is 1. The van der Waals surface area contributed by atoms with E-state index in [1.54, 1.807) is 7.11 Å². The molecule has 0 aliphatic carbocycles. The number of likely N-dealkylation sites (tertiary alicyclic amines) is 1. The fraction of sp³-hybridized carbons (Fsp3) is 0.562. The van der Waals surface area contributed by atoms with E-state index in [9.17, 15) is 0 Å². The molecule has 110 valence electrons. The second-order valence-corrected chi connectivity index (χ2v) is 6.15. The molecule has 0 amide bonds. The number of benzene rings is 1. The molecule has 0 spiro atoms. The smallest absolute Gasteiger partial charge is 0.129 e. The number of methoxy groups -OCH3 is 1. The summed E-state index contributed by atoms with van der Waals surface area (Å²) >= 11 is 5.10. The Morgan fingerprint density at radius 2 is 2.20 bits per heavy atom. The van der Waals surface area contributed by atoms with Gasteiger partial charge in [0, 0.05) is 6.54 Å². The van der Waals surface area contributed by atoms with Gasteiger partial charge in [-0.15, -0.1) is 0 Å². The normalized spacial score (nSPS) is 20.4. The maximum atomic E-state index is 5.77. The summed E-state index contributed by atoms with van der Waals surface area (Å²) in [7, 11) is 1.65. The molecule has 3 nitrogen and oxygen atoms in total. The van der Waals surface area contributed by atoms with Gasteiger partial charge in [0.2, 0.25) is 0 Å². The van der Waals surface area contributed by atoms with E-state index in [0.717, 1.165) is 23.8 Å². The lowest BCUT2D eigenvalue weighted by Crippen LogP contribution is -2.24. The SMILES string of the molecule is COc1ccc(CN2CCCC(C)CC2)cc1C(N)=S. The number of nitrogens with zero attached hydrogens (tertiary/aromatic N) is 1. The van der Waals surface area contributed by atoms with Crippen LogP contribution in [0.1, 0.15) is 37.3 Å². The van der Waals surface area contributed by atoms with Gasteiger partial charge in [0.15, 0.2) is 0 Å². The van der Waals surface area contributed by atoms with Crippen molar-refractivity contribution < 1.29 is 4.74 Å². The fourth-order valence-corrected chi connectivity index (χ4v) is 2.94. The summed E-state index contributed by atoms with van der Waals surface area (Å²) in [6, 6.07) is 6.13. The highest BCUT2D eigenvalue weighted by atomic mass is 32.1. The Bertz CT molecular complexity index is 476. The van der Waals surface area contributed by atoms with Gasteiger partial charge in [-0.3, -0.25) is 4.90 Å². The monoisotopic (exact) mass is 292 g/mol. The van der Waals surface area contributed by atoms with E-state index >= 15 is 0 Å². The minimum absolute atomic E-state index is 0.396. The highest BCUT2D eigenvalue weighted by molar-refractivity contribution is 7.80. The van der Waals surface area contributed by atoms with Gasteiger partial charge in [0.1, 0.15) is 10.7 Å². The molecule has 0 saturated carbocycles. The Balaban J connectivity index is 2.09. The van der Waals surface area contributed by atoms with Crippen LogP contribution in [0.25, 0.3) is 0 Å². The van der Waals surface area contributed by atoms with Crippen molar-refractivity contribution in [1.29, 1.82) is 0 Å². The summed E-state index contributed by atoms with van der Waals surface area (Å²) in [5.74, 6) is 1.61. The molecule has 0 bridgehead atoms. The first-order valence-corrected chi connectivity index (χ1v) is 7.70. The van der Waals surface area contributed by atoms with Crippen LogP contribution in [0, 0.1) is 5.92 Å². The van der Waals surface area contributed by atoms with Gasteiger partial charge in [-0.25, -0.2) is 0 Å². The van der Waals surface area contributed by atoms with Crippen molar-refractivity contribution >= 4 is 17.2 Å². The van der Waals surface area contributed by atoms with Gasteiger partial charge in [0.05, 0.1) is 12.7 Å². The van der Waals surface area contributed by atoms with Crippen LogP contribution in [0.3, 0.4) is 0 Å². The summed E-state index contributed by atoms with van der Waals surface area (Å²) in [5, 5.41) is 0. The van der Waals surface area contributed by atoms with Crippen molar-refractivity contribution in [3.05, 3.63) is 29.3 Å². The predicted molar refractivity (Wildman–Crippen MR) is 87.2 cm³/mol. The molecule has 20 heavy (non-hydrogen) atoms. The molecule has 2 N–H and O–H groups in total. The van der Waals surface area contributed by atoms with Crippen molar-refractivity contribution in [2.45, 2.75) is 32.7 Å². The topological polar surface area (TPSA) is 38.5 Å². The Labute approximate surface area is 127 Å². The molecule has 1 atom stereocenters. The van der Waals surface area contributed by atoms with E-state index < -0.39 is 0 Å². The van der Waals surface area contributed by atoms with Crippen molar-refractivity contribution in [2.75, 3.05) is 20.2 Å². The van der Waals surface area contributed by atoms with Crippen molar-refractivity contribution in [3.8, 4) is 5.75 Å². The van der Waals surface area contributed by atoms with Gasteiger partial charge < -0.3 is 10.5 Å². The Morgan fingerprint density at radius 3 is 2.90 bits per heavy atom. The maximum Gasteiger partial charge on any atom is 0.129 e. The molecule has 0 radical (unpaired) electrons. The van der Waals surface area contributed by atoms with Crippen molar-refractivity contribution in [2.24, 2.45) is 11.7 Å². The quantitative estimate of drug-likeness (QED) is 0.866. The van der Waals surface area contributed by atoms with Gasteiger partial charge in [-0.05, 0) is 56.0 Å². The zero-order valence-electron chi connectivity index (χ0n) is 12.4. The third kappa shape index (κ3) is 3.93. The first kappa shape index (κ1) is 15.3. The largest absolute Gasteiger partial charge is 0.496 e. The zero-order chi connectivity index (χ0) is 14.5. The van der Waals surface area contributed by atoms with Crippen LogP contribution in [0.15, 0.2) is 18.2 Å². The second-order valence-electron chi connectivity index (χ2n) is 5.71. The highest BCUT2D eigenvalue weighted by Crippen LogP contribution is 2.22. The predicted octanol–water partition coefficient (Wildman–Crippen LogP) is 2.95. The number of ether oxygens (including phenoxy) is 1. The average Bonchev–Trinajstić information content (AvgIpc) is 2.63. The van der Waals surface area contributed by atoms with Gasteiger partial charge in [-0.1, -0.05) is 25.2 Å². The molecule has 1 aliphatic heterocycles. The van der Waals surface area contributed by atoms with E-state index in [1.165, 1.54) is 37.9 Å². The van der Waals surface area contributed by atoms with Crippen LogP contribution in [-0.4, -0.2) is 30.1 Å². The summed E-state index contributed by atoms with van der Waals surface area (Å²) in [6.45, 7) is 5.67. The molecule has 2 rings (SSSR count). The van der Waals surface area contributed by atoms with Crippen LogP contribution in [0.4, 0.5) is 0 Å². The second kappa shape index (κ2) is 7.04. The first-order chi connectivity index (χ1) is 9.60. The lowest BCUT2D eigenvalue weighted by atomic mass is 10.0. The van der Waals surface area contributed by atoms with E-state index in [0.29, 0.717) is 4.99 Å². The summed E-state index contributed by atoms with van der Waals surface area (Å²) in [6.07, 6.45) is 3.93. The molecule has 1 heterocycles. The summed E-state index contributed by atoms with van der Waals surface area (Å²) in [4.78, 5) is 2.92. The van der Waals surface area contributed by atoms with Crippen LogP contribution in [-0.2, 0) is 6.54 Å². The van der Waals surface area contributed by atoms with Gasteiger partial charge in [0.25, 0.3) is 0 Å². The maximum absolute atomic E-state index is 5.77. The van der Waals surface area contributed by atoms with E-state index in [4.69, 9.17) is 22.7 Å². The molecular formula is C16H24N2OS. The lowest BCUT2D eigenvalue weighted by Gasteiger charge is -2.20. The molecule has 4 heteroatoms. The van der Waals surface area contributed by atoms with E-state index in [-0.39, 0.29) is 0 Å². The fourth-order valence-electron chi connectivity index (χ4n) is 2.78. The molecular weight excluding hydrogens is 268 g/mol. The molecule has 1 aromatic rings. The van der Waals surface area contributed by atoms with E-state index in [1.807, 2.05) is 6.07 Å². The van der Waals surface area contributed by atoms with Crippen LogP contribution < -0.4 is 10.5 Å². The zero-order valence-corrected chi connectivity index (χ0v) is 13.2. The Hall–Kier alpha value is -1.13. The Morgan fingerprint density at radius 1 is 1.40 bits per heavy atom. The molecule has 1 fully saturated rings. The molecule has 0 aromatic heterocycles. The molecule has 1 unspecified atom stereocenters. The van der Waals surface area contributed by atoms with Crippen molar-refractivity contribution in [3.63, 3.8) is 0 Å². The van der Waals surface area contributed by atoms with Crippen molar-refractivity contribution in [1.82, 2.24) is 4.90 Å². The summed E-state index contributed by atoms with van der Waals surface area (Å²) < 4.78 is 5.30. The number of thiocarbonyl (C=S) groups is 1. The number of rotatable bonds is 4. The van der Waals surface area contributed by atoms with Crippen LogP contribution in [0.5, 0.6) is 5.75 Å². The van der Waals surface area contributed by atoms with Crippen LogP contribution >= 0.6 is 12.2 Å². The van der Waals surface area contributed by atoms with Gasteiger partial charge in [-0.2, -0.15) is 0 Å². The molecule has 1 aliphatic rings. The third-order valence-electron chi connectivity index (χ3n) is 4.04. The van der Waals surface area contributed by atoms with Gasteiger partial charge >= 0.3 is 0 Å². The highest BCUT2D eigenvalue weighted by Gasteiger charge is 2.15. The minimum Gasteiger partial charge on any atom is -0.496 e. The number of nitrogens with two attached hydrogens (primary N) is 1. The molecule has 1 saturated heterocycles. The number of hydrogen-bond acceptors (Lipinski definition) is 3. The minimum atomic E-state index is 0.396. The third-order valence-corrected chi connectivity index (χ3v) is 4.26. The Kier molecular flexibility index (Phi) is 5.38. The van der Waals surface area contributed by atoms with Crippen LogP contribution in [0.2, 0.25) is 0 Å². The molecule has 1 aromatic carbocycles. The standard InChI is InChI=1S/C16H24N2OS/c1-12-4-3-8-18(9-7-12)11-13-5-6-15(19-2)14(10-13)16(17)20/h5-6,10,12H,3-4,7-9,11H2,1-2H3,(H2,17,20).